The summed E-state index contributed by atoms with van der Waals surface area (Å²) >= 11 is 0. The number of rotatable bonds is 6. The monoisotopic (exact) mass is 260 g/mol. The summed E-state index contributed by atoms with van der Waals surface area (Å²) in [6.07, 6.45) is 3.76. The lowest BCUT2D eigenvalue weighted by atomic mass is 10.0. The molecule has 1 aromatic carbocycles. The van der Waals surface area contributed by atoms with Gasteiger partial charge in [-0.05, 0) is 64.7 Å². The predicted octanol–water partition coefficient (Wildman–Crippen LogP) is 2.86. The molecule has 1 fully saturated rings. The number of likely N-dealkylation sites (tertiary alicyclic amines) is 1. The topological polar surface area (TPSA) is 15.3 Å². The molecule has 1 heterocycles. The fraction of sp³-hybridized carbons (Fsp3) is 0.647. The van der Waals surface area contributed by atoms with Crippen molar-refractivity contribution in [1.29, 1.82) is 0 Å². The summed E-state index contributed by atoms with van der Waals surface area (Å²) in [7, 11) is 2.22. The molecule has 2 atom stereocenters. The van der Waals surface area contributed by atoms with Gasteiger partial charge >= 0.3 is 0 Å². The number of nitrogens with one attached hydrogen (secondary N) is 1. The normalized spacial score (nSPS) is 21.7. The van der Waals surface area contributed by atoms with Crippen LogP contribution in [0.25, 0.3) is 0 Å². The van der Waals surface area contributed by atoms with Crippen LogP contribution in [-0.4, -0.2) is 37.6 Å². The molecule has 19 heavy (non-hydrogen) atoms. The SMILES string of the molecule is Cc1cccc(CCC(C)NCC2CCN(C)C2)c1. The number of hydrogen-bond acceptors (Lipinski definition) is 2. The van der Waals surface area contributed by atoms with Crippen LogP contribution in [0.4, 0.5) is 0 Å². The standard InChI is InChI=1S/C17H28N2/c1-14-5-4-6-16(11-14)8-7-15(2)18-12-17-9-10-19(3)13-17/h4-6,11,15,17-18H,7-10,12-13H2,1-3H3. The maximum Gasteiger partial charge on any atom is 0.00420 e. The van der Waals surface area contributed by atoms with Gasteiger partial charge in [-0.2, -0.15) is 0 Å². The first-order valence-electron chi connectivity index (χ1n) is 7.61. The first-order valence-corrected chi connectivity index (χ1v) is 7.61. The van der Waals surface area contributed by atoms with Gasteiger partial charge in [-0.1, -0.05) is 29.8 Å². The third kappa shape index (κ3) is 4.96. The van der Waals surface area contributed by atoms with Gasteiger partial charge in [0.1, 0.15) is 0 Å². The first kappa shape index (κ1) is 14.5. The lowest BCUT2D eigenvalue weighted by Gasteiger charge is -2.17. The van der Waals surface area contributed by atoms with Crippen LogP contribution in [0.1, 0.15) is 30.9 Å². The van der Waals surface area contributed by atoms with E-state index in [4.69, 9.17) is 0 Å². The van der Waals surface area contributed by atoms with Crippen LogP contribution in [0.3, 0.4) is 0 Å². The summed E-state index contributed by atoms with van der Waals surface area (Å²) in [6, 6.07) is 9.50. The van der Waals surface area contributed by atoms with Gasteiger partial charge < -0.3 is 10.2 Å². The molecule has 0 saturated carbocycles. The van der Waals surface area contributed by atoms with Crippen LogP contribution < -0.4 is 5.32 Å². The Morgan fingerprint density at radius 1 is 1.42 bits per heavy atom. The fourth-order valence-electron chi connectivity index (χ4n) is 2.91. The van der Waals surface area contributed by atoms with Crippen LogP contribution in [0.15, 0.2) is 24.3 Å². The van der Waals surface area contributed by atoms with Crippen molar-refractivity contribution in [3.8, 4) is 0 Å². The highest BCUT2D eigenvalue weighted by molar-refractivity contribution is 5.22. The van der Waals surface area contributed by atoms with Crippen molar-refractivity contribution in [2.75, 3.05) is 26.7 Å². The molecule has 2 heteroatoms. The molecule has 0 aromatic heterocycles. The van der Waals surface area contributed by atoms with Gasteiger partial charge in [0.2, 0.25) is 0 Å². The maximum atomic E-state index is 3.70. The average molecular weight is 260 g/mol. The van der Waals surface area contributed by atoms with E-state index in [1.165, 1.54) is 50.0 Å². The predicted molar refractivity (Wildman–Crippen MR) is 82.6 cm³/mol. The molecule has 2 rings (SSSR count). The molecule has 1 N–H and O–H groups in total. The van der Waals surface area contributed by atoms with E-state index in [1.54, 1.807) is 0 Å². The van der Waals surface area contributed by atoms with Gasteiger partial charge in [-0.15, -0.1) is 0 Å². The number of aryl methyl sites for hydroxylation is 2. The van der Waals surface area contributed by atoms with E-state index in [0.29, 0.717) is 6.04 Å². The molecule has 106 valence electrons. The molecule has 2 nitrogen and oxygen atoms in total. The van der Waals surface area contributed by atoms with Crippen LogP contribution in [-0.2, 0) is 6.42 Å². The highest BCUT2D eigenvalue weighted by atomic mass is 15.1. The second-order valence-corrected chi connectivity index (χ2v) is 6.25. The molecule has 0 radical (unpaired) electrons. The Kier molecular flexibility index (Phi) is 5.41. The Labute approximate surface area is 118 Å². The van der Waals surface area contributed by atoms with Crippen LogP contribution in [0, 0.1) is 12.8 Å². The van der Waals surface area contributed by atoms with E-state index in [-0.39, 0.29) is 0 Å². The smallest absolute Gasteiger partial charge is 0.00420 e. The molecule has 0 bridgehead atoms. The van der Waals surface area contributed by atoms with Crippen molar-refractivity contribution < 1.29 is 0 Å². The van der Waals surface area contributed by atoms with Crippen molar-refractivity contribution in [1.82, 2.24) is 10.2 Å². The summed E-state index contributed by atoms with van der Waals surface area (Å²) < 4.78 is 0. The minimum Gasteiger partial charge on any atom is -0.314 e. The second-order valence-electron chi connectivity index (χ2n) is 6.25. The van der Waals surface area contributed by atoms with Gasteiger partial charge in [0.05, 0.1) is 0 Å². The van der Waals surface area contributed by atoms with E-state index in [9.17, 15) is 0 Å². The van der Waals surface area contributed by atoms with Gasteiger partial charge in [-0.25, -0.2) is 0 Å². The zero-order chi connectivity index (χ0) is 13.7. The van der Waals surface area contributed by atoms with Crippen molar-refractivity contribution in [2.24, 2.45) is 5.92 Å². The molecule has 1 aliphatic rings. The van der Waals surface area contributed by atoms with Crippen molar-refractivity contribution in [2.45, 2.75) is 39.2 Å². The second kappa shape index (κ2) is 7.06. The first-order chi connectivity index (χ1) is 9.13. The molecule has 1 saturated heterocycles. The minimum absolute atomic E-state index is 0.617. The Morgan fingerprint density at radius 2 is 2.26 bits per heavy atom. The summed E-state index contributed by atoms with van der Waals surface area (Å²) in [5.41, 5.74) is 2.83. The van der Waals surface area contributed by atoms with Crippen molar-refractivity contribution >= 4 is 0 Å². The number of hydrogen-bond donors (Lipinski definition) is 1. The van der Waals surface area contributed by atoms with E-state index in [0.717, 1.165) is 5.92 Å². The highest BCUT2D eigenvalue weighted by Crippen LogP contribution is 2.14. The maximum absolute atomic E-state index is 3.70. The third-order valence-electron chi connectivity index (χ3n) is 4.19. The largest absolute Gasteiger partial charge is 0.314 e. The van der Waals surface area contributed by atoms with E-state index >= 15 is 0 Å². The molecule has 0 amide bonds. The summed E-state index contributed by atoms with van der Waals surface area (Å²) in [4.78, 5) is 2.43. The van der Waals surface area contributed by atoms with Crippen molar-refractivity contribution in [3.05, 3.63) is 35.4 Å². The van der Waals surface area contributed by atoms with E-state index in [1.807, 2.05) is 0 Å². The minimum atomic E-state index is 0.617. The number of nitrogens with zero attached hydrogens (tertiary/aromatic N) is 1. The zero-order valence-corrected chi connectivity index (χ0v) is 12.7. The molecule has 1 aliphatic heterocycles. The zero-order valence-electron chi connectivity index (χ0n) is 12.7. The Bertz CT molecular complexity index is 389. The molecular weight excluding hydrogens is 232 g/mol. The van der Waals surface area contributed by atoms with Crippen molar-refractivity contribution in [3.63, 3.8) is 0 Å². The van der Waals surface area contributed by atoms with Gasteiger partial charge in [0.25, 0.3) is 0 Å². The molecular formula is C17H28N2. The Morgan fingerprint density at radius 3 is 2.95 bits per heavy atom. The Balaban J connectivity index is 1.65. The van der Waals surface area contributed by atoms with Gasteiger partial charge in [-0.3, -0.25) is 0 Å². The van der Waals surface area contributed by atoms with Crippen LogP contribution in [0.5, 0.6) is 0 Å². The molecule has 1 aromatic rings. The fourth-order valence-corrected chi connectivity index (χ4v) is 2.91. The summed E-state index contributed by atoms with van der Waals surface area (Å²) in [5, 5.41) is 3.70. The summed E-state index contributed by atoms with van der Waals surface area (Å²) in [5.74, 6) is 0.853. The quantitative estimate of drug-likeness (QED) is 0.846. The summed E-state index contributed by atoms with van der Waals surface area (Å²) in [6.45, 7) is 8.19. The molecule has 0 spiro atoms. The van der Waals surface area contributed by atoms with Gasteiger partial charge in [0, 0.05) is 12.6 Å². The Hall–Kier alpha value is -0.860. The van der Waals surface area contributed by atoms with E-state index in [2.05, 4.69) is 55.4 Å². The van der Waals surface area contributed by atoms with Crippen LogP contribution >= 0.6 is 0 Å². The van der Waals surface area contributed by atoms with Crippen LogP contribution in [0.2, 0.25) is 0 Å². The lowest BCUT2D eigenvalue weighted by Crippen LogP contribution is -2.32. The third-order valence-corrected chi connectivity index (χ3v) is 4.19. The molecule has 2 unspecified atom stereocenters. The van der Waals surface area contributed by atoms with Gasteiger partial charge in [0.15, 0.2) is 0 Å². The molecule has 0 aliphatic carbocycles. The number of benzene rings is 1. The average Bonchev–Trinajstić information content (AvgIpc) is 2.80. The highest BCUT2D eigenvalue weighted by Gasteiger charge is 2.19. The lowest BCUT2D eigenvalue weighted by molar-refractivity contribution is 0.378. The van der Waals surface area contributed by atoms with E-state index < -0.39 is 0 Å².